The molecule has 0 aliphatic rings. The fraction of sp³-hybridized carbons (Fsp3) is 0. The molecule has 0 aliphatic heterocycles. The van der Waals surface area contributed by atoms with Crippen molar-refractivity contribution in [2.24, 2.45) is 0 Å². The van der Waals surface area contributed by atoms with Gasteiger partial charge in [0.2, 0.25) is 0 Å². The van der Waals surface area contributed by atoms with Gasteiger partial charge in [-0.2, -0.15) is 0 Å². The van der Waals surface area contributed by atoms with Crippen LogP contribution in [-0.4, -0.2) is 8.96 Å². The topological polar surface area (TPSA) is 17.8 Å². The number of imidazole rings is 1. The molecule has 0 spiro atoms. The third kappa shape index (κ3) is 1.14. The summed E-state index contributed by atoms with van der Waals surface area (Å²) in [5.41, 5.74) is 2.05. The van der Waals surface area contributed by atoms with Crippen LogP contribution < -0.4 is 0 Å². The summed E-state index contributed by atoms with van der Waals surface area (Å²) in [6.07, 6.45) is 0. The lowest BCUT2D eigenvalue weighted by atomic mass is 10.3. The Labute approximate surface area is 83.3 Å². The van der Waals surface area contributed by atoms with E-state index in [1.807, 2.05) is 24.3 Å². The highest BCUT2D eigenvalue weighted by Gasteiger charge is 2.02. The highest BCUT2D eigenvalue weighted by Crippen LogP contribution is 2.17. The van der Waals surface area contributed by atoms with Crippen LogP contribution in [0.2, 0.25) is 0 Å². The van der Waals surface area contributed by atoms with E-state index in [1.54, 1.807) is 3.97 Å². The molecule has 1 heterocycles. The summed E-state index contributed by atoms with van der Waals surface area (Å²) >= 11 is 6.41. The average Bonchev–Trinajstić information content (AvgIpc) is 2.30. The molecule has 2 rings (SSSR count). The van der Waals surface area contributed by atoms with Gasteiger partial charge in [0.1, 0.15) is 0 Å². The van der Waals surface area contributed by atoms with Crippen molar-refractivity contribution in [3.63, 3.8) is 0 Å². The van der Waals surface area contributed by atoms with Crippen LogP contribution in [0.1, 0.15) is 0 Å². The van der Waals surface area contributed by atoms with Gasteiger partial charge in [-0.05, 0) is 12.1 Å². The van der Waals surface area contributed by atoms with Crippen LogP contribution in [0.3, 0.4) is 0 Å². The fourth-order valence-electron chi connectivity index (χ4n) is 0.984. The minimum absolute atomic E-state index is 0.895. The number of nitrogens with zero attached hydrogens (tertiary/aromatic N) is 2. The molecule has 0 saturated heterocycles. The maximum Gasteiger partial charge on any atom is 0.182 e. The minimum atomic E-state index is 0.895. The van der Waals surface area contributed by atoms with Crippen molar-refractivity contribution < 1.29 is 0 Å². The lowest BCUT2D eigenvalue weighted by Gasteiger charge is -1.90. The molecule has 56 valence electrons. The third-order valence-corrected chi connectivity index (χ3v) is 3.01. The zero-order valence-corrected chi connectivity index (χ0v) is 8.58. The van der Waals surface area contributed by atoms with Crippen molar-refractivity contribution in [2.75, 3.05) is 0 Å². The summed E-state index contributed by atoms with van der Waals surface area (Å²) in [5, 5.41) is 0. The second-order valence-electron chi connectivity index (χ2n) is 2.18. The first-order valence-corrected chi connectivity index (χ1v) is 4.59. The van der Waals surface area contributed by atoms with Crippen molar-refractivity contribution in [2.45, 2.75) is 0 Å². The monoisotopic (exact) mass is 276 g/mol. The standard InChI is InChI=1S/C7H5IN2S/c8-7-9-5-3-1-2-4-6(5)10(7)11/h1-4,11H. The molecule has 0 radical (unpaired) electrons. The first kappa shape index (κ1) is 7.42. The predicted octanol–water partition coefficient (Wildman–Crippen LogP) is 2.33. The van der Waals surface area contributed by atoms with E-state index in [2.05, 4.69) is 40.4 Å². The zero-order valence-electron chi connectivity index (χ0n) is 5.53. The summed E-state index contributed by atoms with van der Waals surface area (Å²) in [6.45, 7) is 0. The molecule has 2 nitrogen and oxygen atoms in total. The number of rotatable bonds is 0. The van der Waals surface area contributed by atoms with E-state index in [0.717, 1.165) is 14.9 Å². The first-order valence-electron chi connectivity index (χ1n) is 3.11. The van der Waals surface area contributed by atoms with E-state index in [0.29, 0.717) is 0 Å². The number of halogens is 1. The molecule has 11 heavy (non-hydrogen) atoms. The SMILES string of the molecule is Sn1c(I)nc2ccccc21. The molecule has 0 unspecified atom stereocenters. The molecular formula is C7H5IN2S. The van der Waals surface area contributed by atoms with Crippen molar-refractivity contribution >= 4 is 46.4 Å². The van der Waals surface area contributed by atoms with Gasteiger partial charge in [0.15, 0.2) is 3.83 Å². The van der Waals surface area contributed by atoms with Gasteiger partial charge in [0, 0.05) is 22.6 Å². The number of hydrogen-bond acceptors (Lipinski definition) is 2. The van der Waals surface area contributed by atoms with Crippen molar-refractivity contribution in [3.8, 4) is 0 Å². The van der Waals surface area contributed by atoms with Crippen LogP contribution in [0, 0.1) is 3.83 Å². The van der Waals surface area contributed by atoms with Gasteiger partial charge in [0.05, 0.1) is 11.0 Å². The predicted molar refractivity (Wildman–Crippen MR) is 56.8 cm³/mol. The van der Waals surface area contributed by atoms with Crippen LogP contribution in [0.4, 0.5) is 0 Å². The normalized spacial score (nSPS) is 10.7. The molecule has 0 atom stereocenters. The maximum absolute atomic E-state index is 4.29. The Morgan fingerprint density at radius 3 is 2.82 bits per heavy atom. The maximum atomic E-state index is 4.29. The zero-order chi connectivity index (χ0) is 7.84. The van der Waals surface area contributed by atoms with E-state index in [9.17, 15) is 0 Å². The number of thiol groups is 1. The Morgan fingerprint density at radius 1 is 1.36 bits per heavy atom. The number of para-hydroxylation sites is 2. The van der Waals surface area contributed by atoms with E-state index in [1.165, 1.54) is 0 Å². The molecular weight excluding hydrogens is 271 g/mol. The summed E-state index contributed by atoms with van der Waals surface area (Å²) in [7, 11) is 0. The Bertz CT molecular complexity index is 396. The fourth-order valence-corrected chi connectivity index (χ4v) is 1.72. The number of benzene rings is 1. The van der Waals surface area contributed by atoms with Gasteiger partial charge < -0.3 is 0 Å². The molecule has 0 saturated carbocycles. The van der Waals surface area contributed by atoms with E-state index >= 15 is 0 Å². The van der Waals surface area contributed by atoms with Gasteiger partial charge in [0.25, 0.3) is 0 Å². The Balaban J connectivity index is 2.92. The molecule has 0 fully saturated rings. The lowest BCUT2D eigenvalue weighted by molar-refractivity contribution is 1.20. The number of fused-ring (bicyclic) bond motifs is 1. The smallest absolute Gasteiger partial charge is 0.182 e. The van der Waals surface area contributed by atoms with Crippen LogP contribution in [-0.2, 0) is 0 Å². The van der Waals surface area contributed by atoms with Gasteiger partial charge in [-0.3, -0.25) is 3.97 Å². The highest BCUT2D eigenvalue weighted by atomic mass is 127. The first-order chi connectivity index (χ1) is 5.29. The van der Waals surface area contributed by atoms with Crippen molar-refractivity contribution in [1.82, 2.24) is 8.96 Å². The molecule has 1 aromatic carbocycles. The molecule has 1 aromatic heterocycles. The van der Waals surface area contributed by atoms with Crippen LogP contribution >= 0.6 is 35.4 Å². The van der Waals surface area contributed by atoms with Gasteiger partial charge in [-0.25, -0.2) is 4.98 Å². The highest BCUT2D eigenvalue weighted by molar-refractivity contribution is 14.1. The molecule has 4 heteroatoms. The Morgan fingerprint density at radius 2 is 2.09 bits per heavy atom. The van der Waals surface area contributed by atoms with Gasteiger partial charge in [-0.1, -0.05) is 24.9 Å². The number of hydrogen-bond donors (Lipinski definition) is 1. The summed E-state index contributed by atoms with van der Waals surface area (Å²) in [6, 6.07) is 7.92. The van der Waals surface area contributed by atoms with Gasteiger partial charge in [-0.15, -0.1) is 0 Å². The molecule has 0 amide bonds. The molecule has 0 N–H and O–H groups in total. The Hall–Kier alpha value is -0.230. The second kappa shape index (κ2) is 2.67. The lowest BCUT2D eigenvalue weighted by Crippen LogP contribution is -1.81. The molecule has 2 aromatic rings. The van der Waals surface area contributed by atoms with Crippen molar-refractivity contribution in [3.05, 3.63) is 28.1 Å². The van der Waals surface area contributed by atoms with Crippen molar-refractivity contribution in [1.29, 1.82) is 0 Å². The van der Waals surface area contributed by atoms with Crippen LogP contribution in [0.15, 0.2) is 24.3 Å². The van der Waals surface area contributed by atoms with E-state index in [-0.39, 0.29) is 0 Å². The third-order valence-electron chi connectivity index (χ3n) is 1.50. The van der Waals surface area contributed by atoms with E-state index < -0.39 is 0 Å². The van der Waals surface area contributed by atoms with Crippen LogP contribution in [0.5, 0.6) is 0 Å². The largest absolute Gasteiger partial charge is 0.264 e. The second-order valence-corrected chi connectivity index (χ2v) is 3.55. The van der Waals surface area contributed by atoms with Gasteiger partial charge >= 0.3 is 0 Å². The number of aromatic nitrogens is 2. The molecule has 0 aliphatic carbocycles. The van der Waals surface area contributed by atoms with E-state index in [4.69, 9.17) is 0 Å². The summed E-state index contributed by atoms with van der Waals surface area (Å²) < 4.78 is 2.67. The molecule has 0 bridgehead atoms. The van der Waals surface area contributed by atoms with Crippen LogP contribution in [0.25, 0.3) is 11.0 Å². The summed E-state index contributed by atoms with van der Waals surface area (Å²) in [4.78, 5) is 4.29. The quantitative estimate of drug-likeness (QED) is 0.577. The minimum Gasteiger partial charge on any atom is -0.264 e. The Kier molecular flexibility index (Phi) is 1.80. The summed E-state index contributed by atoms with van der Waals surface area (Å²) in [5.74, 6) is 0. The average molecular weight is 276 g/mol.